The molecule has 0 spiro atoms. The molecule has 112 valence electrons. The normalized spacial score (nSPS) is 17.4. The molecule has 2 rings (SSSR count). The second kappa shape index (κ2) is 5.38. The van der Waals surface area contributed by atoms with E-state index in [4.69, 9.17) is 0 Å². The molecule has 0 atom stereocenters. The molecule has 20 heavy (non-hydrogen) atoms. The van der Waals surface area contributed by atoms with Gasteiger partial charge in [-0.25, -0.2) is 8.42 Å². The average Bonchev–Trinajstić information content (AvgIpc) is 2.34. The van der Waals surface area contributed by atoms with Gasteiger partial charge in [-0.1, -0.05) is 0 Å². The molecule has 0 bridgehead atoms. The Morgan fingerprint density at radius 1 is 1.35 bits per heavy atom. The van der Waals surface area contributed by atoms with Crippen LogP contribution in [0.2, 0.25) is 0 Å². The predicted molar refractivity (Wildman–Crippen MR) is 62.5 cm³/mol. The second-order valence-corrected chi connectivity index (χ2v) is 6.07. The lowest BCUT2D eigenvalue weighted by atomic mass is 10.2. The standard InChI is InChI=1S/C8H8F3N3O4S2/c9-8(10,11)4-1-5-7(2-6(4)19-18-17-12)20(15,16)14-3-13-5/h1-2,13-14H,3,12H2. The van der Waals surface area contributed by atoms with Crippen molar-refractivity contribution in [3.63, 3.8) is 0 Å². The van der Waals surface area contributed by atoms with Gasteiger partial charge in [-0.15, -0.1) is 9.32 Å². The van der Waals surface area contributed by atoms with Gasteiger partial charge in [0.25, 0.3) is 0 Å². The molecular formula is C8H8F3N3O4S2. The van der Waals surface area contributed by atoms with Gasteiger partial charge in [-0.05, 0) is 12.1 Å². The Kier molecular flexibility index (Phi) is 4.13. The van der Waals surface area contributed by atoms with Crippen molar-refractivity contribution in [3.05, 3.63) is 17.7 Å². The van der Waals surface area contributed by atoms with Gasteiger partial charge in [0.2, 0.25) is 10.0 Å². The third-order valence-corrected chi connectivity index (χ3v) is 4.49. The fraction of sp³-hybridized carbons (Fsp3) is 0.250. The van der Waals surface area contributed by atoms with E-state index < -0.39 is 26.7 Å². The third-order valence-electron chi connectivity index (χ3n) is 2.38. The summed E-state index contributed by atoms with van der Waals surface area (Å²) in [6, 6.07) is 1.52. The Bertz CT molecular complexity index is 620. The second-order valence-electron chi connectivity index (χ2n) is 3.59. The zero-order chi connectivity index (χ0) is 15.0. The number of sulfonamides is 1. The first-order chi connectivity index (χ1) is 9.25. The molecule has 1 heterocycles. The highest BCUT2D eigenvalue weighted by Gasteiger charge is 2.37. The number of alkyl halides is 3. The number of fused-ring (bicyclic) bond motifs is 1. The summed E-state index contributed by atoms with van der Waals surface area (Å²) in [6.45, 7) is -0.193. The van der Waals surface area contributed by atoms with Gasteiger partial charge in [0, 0.05) is 0 Å². The molecule has 1 aliphatic rings. The Hall–Kier alpha value is -1.05. The summed E-state index contributed by atoms with van der Waals surface area (Å²) in [5, 5.41) is 2.52. The van der Waals surface area contributed by atoms with Crippen molar-refractivity contribution >= 4 is 27.8 Å². The summed E-state index contributed by atoms with van der Waals surface area (Å²) in [7, 11) is -3.87. The van der Waals surface area contributed by atoms with Gasteiger partial charge in [0.15, 0.2) is 0 Å². The van der Waals surface area contributed by atoms with Crippen molar-refractivity contribution in [2.24, 2.45) is 5.90 Å². The molecule has 7 nitrogen and oxygen atoms in total. The maximum atomic E-state index is 12.9. The van der Waals surface area contributed by atoms with Crippen LogP contribution in [0, 0.1) is 0 Å². The highest BCUT2D eigenvalue weighted by Crippen LogP contribution is 2.41. The van der Waals surface area contributed by atoms with E-state index in [1.54, 1.807) is 0 Å². The average molecular weight is 331 g/mol. The van der Waals surface area contributed by atoms with Crippen LogP contribution in [0.1, 0.15) is 5.56 Å². The van der Waals surface area contributed by atoms with E-state index in [0.717, 1.165) is 6.07 Å². The number of halogens is 3. The Morgan fingerprint density at radius 3 is 2.65 bits per heavy atom. The molecule has 0 fully saturated rings. The summed E-state index contributed by atoms with van der Waals surface area (Å²) in [6.07, 6.45) is -4.69. The first-order valence-electron chi connectivity index (χ1n) is 4.94. The zero-order valence-electron chi connectivity index (χ0n) is 9.52. The van der Waals surface area contributed by atoms with Gasteiger partial charge in [-0.3, -0.25) is 0 Å². The van der Waals surface area contributed by atoms with Crippen molar-refractivity contribution in [1.29, 1.82) is 0 Å². The summed E-state index contributed by atoms with van der Waals surface area (Å²) in [5.41, 5.74) is -1.21. The predicted octanol–water partition coefficient (Wildman–Crippen LogP) is 1.20. The van der Waals surface area contributed by atoms with Crippen molar-refractivity contribution < 1.29 is 30.9 Å². The number of hydrogen-bond acceptors (Lipinski definition) is 7. The maximum absolute atomic E-state index is 12.9. The zero-order valence-corrected chi connectivity index (χ0v) is 11.2. The molecule has 1 aromatic rings. The van der Waals surface area contributed by atoms with Crippen molar-refractivity contribution in [3.8, 4) is 0 Å². The van der Waals surface area contributed by atoms with Crippen LogP contribution in [-0.4, -0.2) is 15.1 Å². The van der Waals surface area contributed by atoms with Crippen molar-refractivity contribution in [2.45, 2.75) is 16.0 Å². The summed E-state index contributed by atoms with van der Waals surface area (Å²) >= 11 is 0.160. The Balaban J connectivity index is 2.59. The molecule has 0 unspecified atom stereocenters. The van der Waals surface area contributed by atoms with Gasteiger partial charge >= 0.3 is 6.18 Å². The van der Waals surface area contributed by atoms with E-state index >= 15 is 0 Å². The van der Waals surface area contributed by atoms with Crippen LogP contribution in [-0.2, 0) is 25.5 Å². The topological polar surface area (TPSA) is 103 Å². The van der Waals surface area contributed by atoms with Crippen LogP contribution < -0.4 is 15.9 Å². The van der Waals surface area contributed by atoms with E-state index in [1.807, 2.05) is 0 Å². The number of nitrogens with two attached hydrogens (primary N) is 1. The SMILES string of the molecule is NOOSc1cc2c(cc1C(F)(F)F)NCNS2(=O)=O. The fourth-order valence-electron chi connectivity index (χ4n) is 1.57. The summed E-state index contributed by atoms with van der Waals surface area (Å²) < 4.78 is 68.5. The Labute approximate surface area is 115 Å². The van der Waals surface area contributed by atoms with E-state index in [0.29, 0.717) is 6.07 Å². The first kappa shape index (κ1) is 15.3. The molecule has 0 aliphatic carbocycles. The monoisotopic (exact) mass is 331 g/mol. The molecule has 0 saturated carbocycles. The summed E-state index contributed by atoms with van der Waals surface area (Å²) in [4.78, 5) is 2.91. The van der Waals surface area contributed by atoms with Gasteiger partial charge in [0.05, 0.1) is 34.9 Å². The Morgan fingerprint density at radius 2 is 2.05 bits per heavy atom. The minimum atomic E-state index is -4.69. The fourth-order valence-corrected chi connectivity index (χ4v) is 3.30. The lowest BCUT2D eigenvalue weighted by Gasteiger charge is -2.22. The van der Waals surface area contributed by atoms with E-state index in [9.17, 15) is 21.6 Å². The van der Waals surface area contributed by atoms with E-state index in [2.05, 4.69) is 25.3 Å². The van der Waals surface area contributed by atoms with Gasteiger partial charge in [-0.2, -0.15) is 23.8 Å². The number of benzene rings is 1. The molecule has 1 aliphatic heterocycles. The molecular weight excluding hydrogens is 323 g/mol. The van der Waals surface area contributed by atoms with Crippen LogP contribution in [0.15, 0.2) is 21.9 Å². The number of nitrogens with one attached hydrogen (secondary N) is 2. The number of hydrogen-bond donors (Lipinski definition) is 3. The molecule has 4 N–H and O–H groups in total. The molecule has 0 radical (unpaired) electrons. The van der Waals surface area contributed by atoms with Crippen molar-refractivity contribution in [2.75, 3.05) is 12.0 Å². The lowest BCUT2D eigenvalue weighted by molar-refractivity contribution is -0.195. The van der Waals surface area contributed by atoms with Crippen LogP contribution in [0.25, 0.3) is 0 Å². The number of rotatable bonds is 3. The van der Waals surface area contributed by atoms with Crippen LogP contribution in [0.4, 0.5) is 18.9 Å². The molecule has 0 aromatic heterocycles. The smallest absolute Gasteiger partial charge is 0.370 e. The largest absolute Gasteiger partial charge is 0.417 e. The minimum absolute atomic E-state index is 0.144. The van der Waals surface area contributed by atoms with Gasteiger partial charge in [0.1, 0.15) is 4.90 Å². The van der Waals surface area contributed by atoms with E-state index in [-0.39, 0.29) is 29.3 Å². The minimum Gasteiger partial charge on any atom is -0.370 e. The quantitative estimate of drug-likeness (QED) is 0.434. The highest BCUT2D eigenvalue weighted by molar-refractivity contribution is 7.94. The first-order valence-corrected chi connectivity index (χ1v) is 7.17. The summed E-state index contributed by atoms with van der Waals surface area (Å²) in [5.74, 6) is 4.56. The van der Waals surface area contributed by atoms with Crippen LogP contribution >= 0.6 is 12.0 Å². The third kappa shape index (κ3) is 2.99. The van der Waals surface area contributed by atoms with Crippen molar-refractivity contribution in [1.82, 2.24) is 4.72 Å². The van der Waals surface area contributed by atoms with E-state index in [1.165, 1.54) is 0 Å². The highest BCUT2D eigenvalue weighted by atomic mass is 32.2. The van der Waals surface area contributed by atoms with Crippen LogP contribution in [0.3, 0.4) is 0 Å². The van der Waals surface area contributed by atoms with Crippen LogP contribution in [0.5, 0.6) is 0 Å². The molecule has 12 heteroatoms. The number of anilines is 1. The molecule has 0 amide bonds. The molecule has 1 aromatic carbocycles. The maximum Gasteiger partial charge on any atom is 0.417 e. The lowest BCUT2D eigenvalue weighted by Crippen LogP contribution is -2.34. The molecule has 0 saturated heterocycles. The van der Waals surface area contributed by atoms with Gasteiger partial charge < -0.3 is 5.32 Å².